The molecule has 1 aromatic rings. The van der Waals surface area contributed by atoms with Crippen LogP contribution in [0.1, 0.15) is 57.8 Å². The van der Waals surface area contributed by atoms with Crippen molar-refractivity contribution in [2.24, 2.45) is 11.8 Å². The van der Waals surface area contributed by atoms with Crippen LogP contribution in [0.2, 0.25) is 0 Å². The molecular weight excluding hydrogens is 268 g/mol. The Morgan fingerprint density at radius 3 is 2.33 bits per heavy atom. The summed E-state index contributed by atoms with van der Waals surface area (Å²) >= 11 is 0. The molecule has 0 aliphatic heterocycles. The lowest BCUT2D eigenvalue weighted by Crippen LogP contribution is -2.37. The molecule has 1 nitrogen and oxygen atoms in total. The lowest BCUT2D eigenvalue weighted by molar-refractivity contribution is 0.180. The fourth-order valence-corrected chi connectivity index (χ4v) is 4.27. The molecule has 2 atom stereocenters. The first kappa shape index (κ1) is 14.8. The van der Waals surface area contributed by atoms with Crippen molar-refractivity contribution >= 4 is 5.69 Å². The molecule has 116 valence electrons. The van der Waals surface area contributed by atoms with Gasteiger partial charge < -0.3 is 5.32 Å². The van der Waals surface area contributed by atoms with Gasteiger partial charge in [0.25, 0.3) is 0 Å². The van der Waals surface area contributed by atoms with E-state index >= 15 is 0 Å². The summed E-state index contributed by atoms with van der Waals surface area (Å²) in [5.74, 6) is 0.469. The van der Waals surface area contributed by atoms with Gasteiger partial charge in [-0.15, -0.1) is 0 Å². The topological polar surface area (TPSA) is 12.0 Å². The van der Waals surface area contributed by atoms with Crippen LogP contribution in [0.3, 0.4) is 0 Å². The van der Waals surface area contributed by atoms with Gasteiger partial charge >= 0.3 is 0 Å². The van der Waals surface area contributed by atoms with Crippen LogP contribution in [0.5, 0.6) is 0 Å². The molecule has 0 amide bonds. The van der Waals surface area contributed by atoms with Crippen molar-refractivity contribution < 1.29 is 8.78 Å². The standard InChI is InChI=1S/C18H25F2N/c19-14-10-11-18(16(20)12-14)21-17-9-5-4-8-15(17)13-6-2-1-3-7-13/h10-13,15,17,21H,1-9H2. The summed E-state index contributed by atoms with van der Waals surface area (Å²) in [4.78, 5) is 0. The van der Waals surface area contributed by atoms with Crippen LogP contribution in [-0.4, -0.2) is 6.04 Å². The second-order valence-corrected chi connectivity index (χ2v) is 6.72. The molecule has 1 aromatic carbocycles. The molecule has 3 heteroatoms. The van der Waals surface area contributed by atoms with Gasteiger partial charge in [0.15, 0.2) is 0 Å². The van der Waals surface area contributed by atoms with Gasteiger partial charge in [-0.3, -0.25) is 0 Å². The smallest absolute Gasteiger partial charge is 0.149 e. The van der Waals surface area contributed by atoms with Crippen molar-refractivity contribution in [2.45, 2.75) is 63.8 Å². The maximum absolute atomic E-state index is 13.9. The Balaban J connectivity index is 1.71. The highest BCUT2D eigenvalue weighted by atomic mass is 19.1. The van der Waals surface area contributed by atoms with E-state index < -0.39 is 11.6 Å². The normalized spacial score (nSPS) is 27.5. The van der Waals surface area contributed by atoms with Crippen LogP contribution in [0.15, 0.2) is 18.2 Å². The molecule has 21 heavy (non-hydrogen) atoms. The molecule has 0 saturated heterocycles. The van der Waals surface area contributed by atoms with Gasteiger partial charge in [-0.05, 0) is 36.8 Å². The predicted molar refractivity (Wildman–Crippen MR) is 82.3 cm³/mol. The van der Waals surface area contributed by atoms with E-state index in [1.165, 1.54) is 63.5 Å². The minimum atomic E-state index is -0.509. The zero-order valence-corrected chi connectivity index (χ0v) is 12.6. The number of benzene rings is 1. The van der Waals surface area contributed by atoms with E-state index in [9.17, 15) is 8.78 Å². The van der Waals surface area contributed by atoms with E-state index in [2.05, 4.69) is 5.32 Å². The van der Waals surface area contributed by atoms with Crippen LogP contribution in [-0.2, 0) is 0 Å². The van der Waals surface area contributed by atoms with Crippen molar-refractivity contribution in [3.8, 4) is 0 Å². The first-order valence-corrected chi connectivity index (χ1v) is 8.45. The molecule has 0 heterocycles. The van der Waals surface area contributed by atoms with Gasteiger partial charge in [-0.2, -0.15) is 0 Å². The minimum absolute atomic E-state index is 0.349. The molecule has 0 aromatic heterocycles. The van der Waals surface area contributed by atoms with Gasteiger partial charge in [0.1, 0.15) is 11.6 Å². The van der Waals surface area contributed by atoms with E-state index in [1.54, 1.807) is 0 Å². The third-order valence-electron chi connectivity index (χ3n) is 5.35. The molecule has 2 fully saturated rings. The summed E-state index contributed by atoms with van der Waals surface area (Å²) in [6.07, 6.45) is 11.6. The molecular formula is C18H25F2N. The predicted octanol–water partition coefficient (Wildman–Crippen LogP) is 5.52. The summed E-state index contributed by atoms with van der Waals surface area (Å²) < 4.78 is 26.9. The SMILES string of the molecule is Fc1ccc(NC2CCCCC2C2CCCCC2)c(F)c1. The summed E-state index contributed by atoms with van der Waals surface area (Å²) in [7, 11) is 0. The maximum atomic E-state index is 13.9. The first-order chi connectivity index (χ1) is 10.2. The second-order valence-electron chi connectivity index (χ2n) is 6.72. The van der Waals surface area contributed by atoms with Gasteiger partial charge in [0, 0.05) is 12.1 Å². The highest BCUT2D eigenvalue weighted by molar-refractivity contribution is 5.45. The van der Waals surface area contributed by atoms with E-state index in [4.69, 9.17) is 0 Å². The first-order valence-electron chi connectivity index (χ1n) is 8.45. The molecule has 2 aliphatic carbocycles. The van der Waals surface area contributed by atoms with Crippen LogP contribution >= 0.6 is 0 Å². The van der Waals surface area contributed by atoms with Gasteiger partial charge in [-0.1, -0.05) is 44.9 Å². The van der Waals surface area contributed by atoms with Crippen molar-refractivity contribution in [1.29, 1.82) is 0 Å². The van der Waals surface area contributed by atoms with Crippen LogP contribution in [0, 0.1) is 23.5 Å². The Morgan fingerprint density at radius 2 is 1.57 bits per heavy atom. The average molecular weight is 293 g/mol. The Kier molecular flexibility index (Phi) is 4.77. The Bertz CT molecular complexity index is 468. The van der Waals surface area contributed by atoms with Crippen LogP contribution in [0.4, 0.5) is 14.5 Å². The number of nitrogens with one attached hydrogen (secondary N) is 1. The number of rotatable bonds is 3. The molecule has 0 spiro atoms. The lowest BCUT2D eigenvalue weighted by atomic mass is 9.71. The fraction of sp³-hybridized carbons (Fsp3) is 0.667. The fourth-order valence-electron chi connectivity index (χ4n) is 4.27. The third-order valence-corrected chi connectivity index (χ3v) is 5.35. The van der Waals surface area contributed by atoms with Crippen LogP contribution in [0.25, 0.3) is 0 Å². The number of halogens is 2. The van der Waals surface area contributed by atoms with E-state index in [0.29, 0.717) is 17.6 Å². The van der Waals surface area contributed by atoms with Crippen molar-refractivity contribution in [2.75, 3.05) is 5.32 Å². The van der Waals surface area contributed by atoms with Crippen LogP contribution < -0.4 is 5.32 Å². The van der Waals surface area contributed by atoms with E-state index in [1.807, 2.05) is 0 Å². The molecule has 0 radical (unpaired) electrons. The summed E-state index contributed by atoms with van der Waals surface area (Å²) in [5.41, 5.74) is 0.462. The zero-order chi connectivity index (χ0) is 14.7. The minimum Gasteiger partial charge on any atom is -0.380 e. The molecule has 2 unspecified atom stereocenters. The van der Waals surface area contributed by atoms with Gasteiger partial charge in [0.05, 0.1) is 5.69 Å². The second kappa shape index (κ2) is 6.76. The third kappa shape index (κ3) is 3.56. The Morgan fingerprint density at radius 1 is 0.857 bits per heavy atom. The summed E-state index contributed by atoms with van der Waals surface area (Å²) in [6.45, 7) is 0. The number of anilines is 1. The van der Waals surface area contributed by atoms with E-state index in [-0.39, 0.29) is 0 Å². The highest BCUT2D eigenvalue weighted by Gasteiger charge is 2.32. The molecule has 2 aliphatic rings. The number of hydrogen-bond donors (Lipinski definition) is 1. The van der Waals surface area contributed by atoms with Crippen molar-refractivity contribution in [3.05, 3.63) is 29.8 Å². The molecule has 1 N–H and O–H groups in total. The Labute approximate surface area is 126 Å². The zero-order valence-electron chi connectivity index (χ0n) is 12.6. The largest absolute Gasteiger partial charge is 0.380 e. The molecule has 0 bridgehead atoms. The molecule has 2 saturated carbocycles. The lowest BCUT2D eigenvalue weighted by Gasteiger charge is -2.39. The number of hydrogen-bond acceptors (Lipinski definition) is 1. The summed E-state index contributed by atoms with van der Waals surface area (Å²) in [6, 6.07) is 4.20. The van der Waals surface area contributed by atoms with Crippen molar-refractivity contribution in [1.82, 2.24) is 0 Å². The van der Waals surface area contributed by atoms with E-state index in [0.717, 1.165) is 18.4 Å². The van der Waals surface area contributed by atoms with Gasteiger partial charge in [0.2, 0.25) is 0 Å². The molecule has 3 rings (SSSR count). The van der Waals surface area contributed by atoms with Crippen molar-refractivity contribution in [3.63, 3.8) is 0 Å². The Hall–Kier alpha value is -1.12. The monoisotopic (exact) mass is 293 g/mol. The van der Waals surface area contributed by atoms with Gasteiger partial charge in [-0.25, -0.2) is 8.78 Å². The summed E-state index contributed by atoms with van der Waals surface area (Å²) in [5, 5.41) is 3.38. The highest BCUT2D eigenvalue weighted by Crippen LogP contribution is 2.39. The maximum Gasteiger partial charge on any atom is 0.149 e. The average Bonchev–Trinajstić information content (AvgIpc) is 2.51. The quantitative estimate of drug-likeness (QED) is 0.774.